The van der Waals surface area contributed by atoms with Gasteiger partial charge in [0.15, 0.2) is 0 Å². The van der Waals surface area contributed by atoms with Crippen LogP contribution in [0.3, 0.4) is 0 Å². The topological polar surface area (TPSA) is 47.3 Å². The number of nitrogens with one attached hydrogen (secondary N) is 1. The number of hydrazine groups is 1. The van der Waals surface area contributed by atoms with Gasteiger partial charge in [-0.15, -0.1) is 0 Å². The fourth-order valence-corrected chi connectivity index (χ4v) is 2.01. The monoisotopic (exact) mass is 260 g/mol. The van der Waals surface area contributed by atoms with Gasteiger partial charge in [0.25, 0.3) is 0 Å². The highest BCUT2D eigenvalue weighted by Gasteiger charge is 2.11. The first-order chi connectivity index (χ1) is 9.22. The minimum atomic E-state index is -0.233. The zero-order chi connectivity index (χ0) is 13.7. The van der Waals surface area contributed by atoms with Crippen LogP contribution in [0.4, 0.5) is 4.39 Å². The third-order valence-corrected chi connectivity index (χ3v) is 3.05. The van der Waals surface area contributed by atoms with Crippen LogP contribution < -0.4 is 16.0 Å². The first-order valence-electron chi connectivity index (χ1n) is 6.07. The van der Waals surface area contributed by atoms with Crippen LogP contribution in [-0.4, -0.2) is 7.11 Å². The molecule has 0 fully saturated rings. The van der Waals surface area contributed by atoms with E-state index in [1.807, 2.05) is 30.3 Å². The predicted octanol–water partition coefficient (Wildman–Crippen LogP) is 2.58. The Morgan fingerprint density at radius 3 is 2.53 bits per heavy atom. The third-order valence-electron chi connectivity index (χ3n) is 3.05. The summed E-state index contributed by atoms with van der Waals surface area (Å²) in [5, 5.41) is 0. The quantitative estimate of drug-likeness (QED) is 0.641. The van der Waals surface area contributed by atoms with Crippen LogP contribution >= 0.6 is 0 Å². The van der Waals surface area contributed by atoms with Crippen LogP contribution in [0.25, 0.3) is 0 Å². The van der Waals surface area contributed by atoms with Crippen molar-refractivity contribution < 1.29 is 9.13 Å². The number of ether oxygens (including phenoxy) is 1. The molecular formula is C15H17FN2O. The van der Waals surface area contributed by atoms with E-state index in [1.165, 1.54) is 12.1 Å². The highest BCUT2D eigenvalue weighted by Crippen LogP contribution is 2.21. The Kier molecular flexibility index (Phi) is 4.49. The average Bonchev–Trinajstić information content (AvgIpc) is 2.45. The summed E-state index contributed by atoms with van der Waals surface area (Å²) in [4.78, 5) is 0. The summed E-state index contributed by atoms with van der Waals surface area (Å²) in [7, 11) is 1.63. The van der Waals surface area contributed by atoms with Gasteiger partial charge in [-0.05, 0) is 41.8 Å². The molecule has 3 nitrogen and oxygen atoms in total. The molecule has 2 aromatic carbocycles. The molecule has 0 amide bonds. The molecule has 19 heavy (non-hydrogen) atoms. The van der Waals surface area contributed by atoms with Crippen LogP contribution in [-0.2, 0) is 6.42 Å². The Hall–Kier alpha value is -1.91. The minimum absolute atomic E-state index is 0.0623. The van der Waals surface area contributed by atoms with E-state index in [9.17, 15) is 4.39 Å². The lowest BCUT2D eigenvalue weighted by atomic mass is 9.99. The van der Waals surface area contributed by atoms with E-state index in [-0.39, 0.29) is 11.9 Å². The number of methoxy groups -OCH3 is 1. The molecular weight excluding hydrogens is 243 g/mol. The summed E-state index contributed by atoms with van der Waals surface area (Å²) in [5.41, 5.74) is 4.70. The van der Waals surface area contributed by atoms with Gasteiger partial charge in [0.05, 0.1) is 7.11 Å². The van der Waals surface area contributed by atoms with Crippen molar-refractivity contribution in [2.45, 2.75) is 12.5 Å². The number of hydrogen-bond acceptors (Lipinski definition) is 3. The smallest absolute Gasteiger partial charge is 0.123 e. The summed E-state index contributed by atoms with van der Waals surface area (Å²) in [6.07, 6.45) is 0.626. The fourth-order valence-electron chi connectivity index (χ4n) is 2.01. The van der Waals surface area contributed by atoms with Crippen molar-refractivity contribution >= 4 is 0 Å². The first-order valence-corrected chi connectivity index (χ1v) is 6.07. The van der Waals surface area contributed by atoms with Gasteiger partial charge in [0, 0.05) is 6.04 Å². The molecule has 0 heterocycles. The van der Waals surface area contributed by atoms with Crippen LogP contribution in [0.15, 0.2) is 48.5 Å². The molecule has 0 spiro atoms. The van der Waals surface area contributed by atoms with Crippen molar-refractivity contribution in [2.75, 3.05) is 7.11 Å². The average molecular weight is 260 g/mol. The fraction of sp³-hybridized carbons (Fsp3) is 0.200. The Balaban J connectivity index is 2.15. The molecule has 0 radical (unpaired) electrons. The lowest BCUT2D eigenvalue weighted by Crippen LogP contribution is -2.29. The summed E-state index contributed by atoms with van der Waals surface area (Å²) in [6.45, 7) is 0. The molecule has 0 aliphatic heterocycles. The second-order valence-corrected chi connectivity index (χ2v) is 4.33. The number of hydrogen-bond donors (Lipinski definition) is 2. The van der Waals surface area contributed by atoms with E-state index in [2.05, 4.69) is 5.43 Å². The van der Waals surface area contributed by atoms with Crippen molar-refractivity contribution in [1.29, 1.82) is 0 Å². The zero-order valence-corrected chi connectivity index (χ0v) is 10.8. The second-order valence-electron chi connectivity index (χ2n) is 4.33. The lowest BCUT2D eigenvalue weighted by molar-refractivity contribution is 0.414. The van der Waals surface area contributed by atoms with Crippen LogP contribution in [0.5, 0.6) is 5.75 Å². The summed E-state index contributed by atoms with van der Waals surface area (Å²) in [5.74, 6) is 6.15. The standard InChI is InChI=1S/C15H17FN2O/c1-19-14-7-5-12(6-8-14)15(18-17)10-11-3-2-4-13(16)9-11/h2-9,15,18H,10,17H2,1H3. The van der Waals surface area contributed by atoms with Gasteiger partial charge < -0.3 is 4.74 Å². The Labute approximate surface area is 112 Å². The molecule has 100 valence electrons. The molecule has 0 aliphatic carbocycles. The van der Waals surface area contributed by atoms with E-state index in [0.29, 0.717) is 6.42 Å². The van der Waals surface area contributed by atoms with Gasteiger partial charge in [-0.2, -0.15) is 0 Å². The van der Waals surface area contributed by atoms with Crippen molar-refractivity contribution in [3.63, 3.8) is 0 Å². The summed E-state index contributed by atoms with van der Waals surface area (Å²) in [6, 6.07) is 14.1. The van der Waals surface area contributed by atoms with Crippen molar-refractivity contribution in [3.05, 3.63) is 65.5 Å². The van der Waals surface area contributed by atoms with Gasteiger partial charge in [0.2, 0.25) is 0 Å². The number of rotatable bonds is 5. The molecule has 0 bridgehead atoms. The normalized spacial score (nSPS) is 12.2. The Morgan fingerprint density at radius 1 is 1.21 bits per heavy atom. The summed E-state index contributed by atoms with van der Waals surface area (Å²) >= 11 is 0. The highest BCUT2D eigenvalue weighted by molar-refractivity contribution is 5.30. The van der Waals surface area contributed by atoms with Crippen LogP contribution in [0.2, 0.25) is 0 Å². The minimum Gasteiger partial charge on any atom is -0.497 e. The molecule has 0 saturated heterocycles. The largest absolute Gasteiger partial charge is 0.497 e. The molecule has 0 saturated carbocycles. The molecule has 2 aromatic rings. The van der Waals surface area contributed by atoms with Crippen LogP contribution in [0, 0.1) is 5.82 Å². The van der Waals surface area contributed by atoms with Crippen molar-refractivity contribution in [3.8, 4) is 5.75 Å². The van der Waals surface area contributed by atoms with Gasteiger partial charge in [0.1, 0.15) is 11.6 Å². The van der Waals surface area contributed by atoms with E-state index >= 15 is 0 Å². The Bertz CT molecular complexity index is 528. The Morgan fingerprint density at radius 2 is 1.95 bits per heavy atom. The van der Waals surface area contributed by atoms with Crippen molar-refractivity contribution in [2.24, 2.45) is 5.84 Å². The third kappa shape index (κ3) is 3.53. The maximum atomic E-state index is 13.2. The zero-order valence-electron chi connectivity index (χ0n) is 10.8. The van der Waals surface area contributed by atoms with E-state index in [4.69, 9.17) is 10.6 Å². The van der Waals surface area contributed by atoms with Gasteiger partial charge >= 0.3 is 0 Å². The van der Waals surface area contributed by atoms with Crippen LogP contribution in [0.1, 0.15) is 17.2 Å². The van der Waals surface area contributed by atoms with Gasteiger partial charge in [-0.1, -0.05) is 24.3 Å². The first kappa shape index (κ1) is 13.5. The second kappa shape index (κ2) is 6.31. The summed E-state index contributed by atoms with van der Waals surface area (Å²) < 4.78 is 18.3. The van der Waals surface area contributed by atoms with Gasteiger partial charge in [-0.25, -0.2) is 4.39 Å². The predicted molar refractivity (Wildman–Crippen MR) is 73.2 cm³/mol. The van der Waals surface area contributed by atoms with Crippen molar-refractivity contribution in [1.82, 2.24) is 5.43 Å². The number of halogens is 1. The highest BCUT2D eigenvalue weighted by atomic mass is 19.1. The van der Waals surface area contributed by atoms with E-state index in [1.54, 1.807) is 13.2 Å². The molecule has 0 aromatic heterocycles. The molecule has 0 aliphatic rings. The SMILES string of the molecule is COc1ccc(C(Cc2cccc(F)c2)NN)cc1. The molecule has 3 N–H and O–H groups in total. The maximum absolute atomic E-state index is 13.2. The molecule has 1 atom stereocenters. The molecule has 4 heteroatoms. The van der Waals surface area contributed by atoms with Gasteiger partial charge in [-0.3, -0.25) is 11.3 Å². The number of benzene rings is 2. The maximum Gasteiger partial charge on any atom is 0.123 e. The van der Waals surface area contributed by atoms with E-state index < -0.39 is 0 Å². The molecule has 2 rings (SSSR count). The number of nitrogens with two attached hydrogens (primary N) is 1. The molecule has 1 unspecified atom stereocenters. The lowest BCUT2D eigenvalue weighted by Gasteiger charge is -2.17. The van der Waals surface area contributed by atoms with E-state index in [0.717, 1.165) is 16.9 Å².